The molecule has 0 fully saturated rings. The van der Waals surface area contributed by atoms with Gasteiger partial charge in [-0.2, -0.15) is 0 Å². The van der Waals surface area contributed by atoms with Crippen LogP contribution in [0.15, 0.2) is 72.4 Å². The van der Waals surface area contributed by atoms with E-state index in [1.54, 1.807) is 12.4 Å². The predicted octanol–water partition coefficient (Wildman–Crippen LogP) is 3.80. The average molecular weight is 404 g/mol. The van der Waals surface area contributed by atoms with E-state index in [0.29, 0.717) is 11.0 Å². The quantitative estimate of drug-likeness (QED) is 0.495. The van der Waals surface area contributed by atoms with E-state index < -0.39 is 0 Å². The SMILES string of the molecule is Cc1cc(C)cc(NC(=O)CSc2nnc(-c3cccnc3)n2-n2cccc2)c1. The standard InChI is InChI=1S/C21H20N6OS/c1-15-10-16(2)12-18(11-15)23-19(28)14-29-21-25-24-20(17-6-5-7-22-13-17)27(21)26-8-3-4-9-26/h3-13H,14H2,1-2H3,(H,23,28). The fourth-order valence-electron chi connectivity index (χ4n) is 3.07. The lowest BCUT2D eigenvalue weighted by molar-refractivity contribution is -0.113. The third kappa shape index (κ3) is 4.38. The van der Waals surface area contributed by atoms with Gasteiger partial charge in [0.15, 0.2) is 5.82 Å². The molecule has 4 rings (SSSR count). The highest BCUT2D eigenvalue weighted by Gasteiger charge is 2.17. The van der Waals surface area contributed by atoms with Gasteiger partial charge in [0.25, 0.3) is 0 Å². The molecule has 0 spiro atoms. The molecule has 29 heavy (non-hydrogen) atoms. The number of amides is 1. The van der Waals surface area contributed by atoms with Gasteiger partial charge in [0.1, 0.15) is 0 Å². The number of benzene rings is 1. The Morgan fingerprint density at radius 1 is 1.07 bits per heavy atom. The second-order valence-corrected chi connectivity index (χ2v) is 7.58. The molecule has 3 heterocycles. The first-order chi connectivity index (χ1) is 14.1. The summed E-state index contributed by atoms with van der Waals surface area (Å²) in [7, 11) is 0. The Morgan fingerprint density at radius 2 is 1.83 bits per heavy atom. The van der Waals surface area contributed by atoms with Crippen molar-refractivity contribution < 1.29 is 4.79 Å². The Hall–Kier alpha value is -3.39. The second kappa shape index (κ2) is 8.32. The third-order valence-electron chi connectivity index (χ3n) is 4.19. The normalized spacial score (nSPS) is 10.8. The lowest BCUT2D eigenvalue weighted by Gasteiger charge is -2.11. The molecule has 1 aromatic carbocycles. The molecular weight excluding hydrogens is 384 g/mol. The molecule has 146 valence electrons. The molecule has 4 aromatic rings. The van der Waals surface area contributed by atoms with Gasteiger partial charge in [-0.1, -0.05) is 17.8 Å². The summed E-state index contributed by atoms with van der Waals surface area (Å²) in [5.41, 5.74) is 3.87. The summed E-state index contributed by atoms with van der Waals surface area (Å²) in [5, 5.41) is 12.2. The number of carbonyl (C=O) groups is 1. The minimum absolute atomic E-state index is 0.0926. The van der Waals surface area contributed by atoms with Crippen LogP contribution < -0.4 is 5.32 Å². The van der Waals surface area contributed by atoms with Crippen molar-refractivity contribution in [1.29, 1.82) is 0 Å². The van der Waals surface area contributed by atoms with Gasteiger partial charge in [0, 0.05) is 36.0 Å². The fraction of sp³-hybridized carbons (Fsp3) is 0.143. The Labute approximate surface area is 172 Å². The van der Waals surface area contributed by atoms with E-state index in [4.69, 9.17) is 0 Å². The molecule has 0 aliphatic heterocycles. The molecule has 0 unspecified atom stereocenters. The molecule has 1 amide bonds. The average Bonchev–Trinajstić information content (AvgIpc) is 3.35. The van der Waals surface area contributed by atoms with Crippen LogP contribution in [0.25, 0.3) is 11.4 Å². The number of nitrogens with one attached hydrogen (secondary N) is 1. The molecule has 0 aliphatic rings. The van der Waals surface area contributed by atoms with E-state index in [-0.39, 0.29) is 11.7 Å². The summed E-state index contributed by atoms with van der Waals surface area (Å²) in [4.78, 5) is 16.6. The topological polar surface area (TPSA) is 77.6 Å². The van der Waals surface area contributed by atoms with Crippen LogP contribution in [-0.2, 0) is 4.79 Å². The van der Waals surface area contributed by atoms with E-state index in [0.717, 1.165) is 22.4 Å². The van der Waals surface area contributed by atoms with Gasteiger partial charge >= 0.3 is 0 Å². The van der Waals surface area contributed by atoms with Crippen LogP contribution in [0.2, 0.25) is 0 Å². The number of carbonyl (C=O) groups excluding carboxylic acids is 1. The van der Waals surface area contributed by atoms with Crippen molar-refractivity contribution in [2.24, 2.45) is 0 Å². The van der Waals surface area contributed by atoms with Crippen LogP contribution in [0.1, 0.15) is 11.1 Å². The van der Waals surface area contributed by atoms with Crippen LogP contribution in [0.5, 0.6) is 0 Å². The molecule has 3 aromatic heterocycles. The van der Waals surface area contributed by atoms with Crippen LogP contribution >= 0.6 is 11.8 Å². The van der Waals surface area contributed by atoms with Crippen molar-refractivity contribution in [1.82, 2.24) is 24.5 Å². The molecule has 0 radical (unpaired) electrons. The Morgan fingerprint density at radius 3 is 2.52 bits per heavy atom. The van der Waals surface area contributed by atoms with Crippen LogP contribution in [0.3, 0.4) is 0 Å². The molecule has 0 saturated heterocycles. The summed E-state index contributed by atoms with van der Waals surface area (Å²) in [6.07, 6.45) is 7.27. The van der Waals surface area contributed by atoms with Crippen molar-refractivity contribution in [3.63, 3.8) is 0 Å². The first-order valence-electron chi connectivity index (χ1n) is 9.10. The number of hydrogen-bond donors (Lipinski definition) is 1. The van der Waals surface area contributed by atoms with Gasteiger partial charge in [-0.15, -0.1) is 10.2 Å². The minimum atomic E-state index is -0.0926. The molecule has 0 bridgehead atoms. The summed E-state index contributed by atoms with van der Waals surface area (Å²) in [6.45, 7) is 4.02. The van der Waals surface area contributed by atoms with E-state index in [2.05, 4.69) is 26.6 Å². The number of aryl methyl sites for hydroxylation is 2. The molecule has 1 N–H and O–H groups in total. The van der Waals surface area contributed by atoms with Gasteiger partial charge in [-0.25, -0.2) is 4.68 Å². The lowest BCUT2D eigenvalue weighted by Crippen LogP contribution is -2.16. The van der Waals surface area contributed by atoms with Gasteiger partial charge in [-0.3, -0.25) is 14.5 Å². The molecule has 0 saturated carbocycles. The maximum atomic E-state index is 12.5. The number of anilines is 1. The molecule has 8 heteroatoms. The summed E-state index contributed by atoms with van der Waals surface area (Å²) in [5.74, 6) is 0.788. The number of thioether (sulfide) groups is 1. The largest absolute Gasteiger partial charge is 0.325 e. The number of hydrogen-bond acceptors (Lipinski definition) is 5. The van der Waals surface area contributed by atoms with Crippen LogP contribution in [-0.4, -0.2) is 36.2 Å². The maximum absolute atomic E-state index is 12.5. The van der Waals surface area contributed by atoms with E-state index in [1.165, 1.54) is 11.8 Å². The highest BCUT2D eigenvalue weighted by molar-refractivity contribution is 7.99. The van der Waals surface area contributed by atoms with Gasteiger partial charge in [0.2, 0.25) is 11.1 Å². The smallest absolute Gasteiger partial charge is 0.234 e. The Bertz CT molecular complexity index is 1100. The first kappa shape index (κ1) is 18.9. The second-order valence-electron chi connectivity index (χ2n) is 6.64. The number of rotatable bonds is 6. The Balaban J connectivity index is 1.54. The third-order valence-corrected chi connectivity index (χ3v) is 5.11. The van der Waals surface area contributed by atoms with Crippen LogP contribution in [0, 0.1) is 13.8 Å². The summed E-state index contributed by atoms with van der Waals surface area (Å²) < 4.78 is 3.75. The predicted molar refractivity (Wildman–Crippen MR) is 114 cm³/mol. The zero-order chi connectivity index (χ0) is 20.2. The fourth-order valence-corrected chi connectivity index (χ4v) is 3.81. The molecular formula is C21H20N6OS. The number of pyridine rings is 1. The van der Waals surface area contributed by atoms with E-state index in [1.807, 2.05) is 72.0 Å². The molecule has 0 atom stereocenters. The number of aromatic nitrogens is 5. The van der Waals surface area contributed by atoms with Crippen molar-refractivity contribution in [2.75, 3.05) is 11.1 Å². The monoisotopic (exact) mass is 404 g/mol. The molecule has 0 aliphatic carbocycles. The highest BCUT2D eigenvalue weighted by Crippen LogP contribution is 2.24. The van der Waals surface area contributed by atoms with Gasteiger partial charge in [0.05, 0.1) is 5.75 Å². The van der Waals surface area contributed by atoms with E-state index in [9.17, 15) is 4.79 Å². The van der Waals surface area contributed by atoms with Crippen molar-refractivity contribution >= 4 is 23.4 Å². The highest BCUT2D eigenvalue weighted by atomic mass is 32.2. The zero-order valence-electron chi connectivity index (χ0n) is 16.1. The Kier molecular flexibility index (Phi) is 5.44. The van der Waals surface area contributed by atoms with Crippen molar-refractivity contribution in [3.05, 3.63) is 78.4 Å². The van der Waals surface area contributed by atoms with Gasteiger partial charge in [-0.05, 0) is 61.4 Å². The van der Waals surface area contributed by atoms with Crippen molar-refractivity contribution in [3.8, 4) is 11.4 Å². The lowest BCUT2D eigenvalue weighted by atomic mass is 10.1. The molecule has 7 nitrogen and oxygen atoms in total. The minimum Gasteiger partial charge on any atom is -0.325 e. The maximum Gasteiger partial charge on any atom is 0.234 e. The van der Waals surface area contributed by atoms with Crippen LogP contribution in [0.4, 0.5) is 5.69 Å². The summed E-state index contributed by atoms with van der Waals surface area (Å²) in [6, 6.07) is 13.6. The zero-order valence-corrected chi connectivity index (χ0v) is 16.9. The first-order valence-corrected chi connectivity index (χ1v) is 10.1. The van der Waals surface area contributed by atoms with Gasteiger partial charge < -0.3 is 5.32 Å². The van der Waals surface area contributed by atoms with E-state index >= 15 is 0 Å². The number of nitrogens with zero attached hydrogens (tertiary/aromatic N) is 5. The van der Waals surface area contributed by atoms with Crippen molar-refractivity contribution in [2.45, 2.75) is 19.0 Å². The summed E-state index contributed by atoms with van der Waals surface area (Å²) >= 11 is 1.33.